The number of benzene rings is 3. The van der Waals surface area contributed by atoms with Crippen LogP contribution in [0.25, 0.3) is 0 Å². The van der Waals surface area contributed by atoms with Crippen LogP contribution in [0.4, 0.5) is 10.1 Å². The molecule has 0 unspecified atom stereocenters. The monoisotopic (exact) mass is 480 g/mol. The van der Waals surface area contributed by atoms with Crippen molar-refractivity contribution in [3.8, 4) is 0 Å². The maximum atomic E-state index is 14.2. The van der Waals surface area contributed by atoms with Gasteiger partial charge in [0.15, 0.2) is 0 Å². The van der Waals surface area contributed by atoms with Gasteiger partial charge in [-0.25, -0.2) is 12.8 Å². The number of carbonyl (C=O) groups is 1. The number of hydrogen-bond acceptors (Lipinski definition) is 3. The van der Waals surface area contributed by atoms with Gasteiger partial charge in [-0.1, -0.05) is 47.5 Å². The molecule has 0 saturated heterocycles. The Labute approximate surface area is 190 Å². The van der Waals surface area contributed by atoms with Gasteiger partial charge >= 0.3 is 0 Å². The smallest absolute Gasteiger partial charge is 0.243 e. The van der Waals surface area contributed by atoms with Crippen LogP contribution in [0.1, 0.15) is 11.1 Å². The maximum absolute atomic E-state index is 14.2. The van der Waals surface area contributed by atoms with Gasteiger partial charge in [0, 0.05) is 27.8 Å². The van der Waals surface area contributed by atoms with E-state index in [0.717, 1.165) is 4.31 Å². The quantitative estimate of drug-likeness (QED) is 0.500. The molecule has 9 heteroatoms. The Hall–Kier alpha value is -2.45. The van der Waals surface area contributed by atoms with Crippen molar-refractivity contribution in [2.45, 2.75) is 18.4 Å². The Morgan fingerprint density at radius 3 is 2.35 bits per heavy atom. The van der Waals surface area contributed by atoms with Crippen molar-refractivity contribution in [2.24, 2.45) is 0 Å². The SMILES string of the molecule is Cc1c(Cl)cccc1NC(=O)CN(Cc1ccccc1F)S(=O)(=O)c1ccc(Cl)cc1. The molecule has 0 bridgehead atoms. The molecule has 1 amide bonds. The fourth-order valence-corrected chi connectivity index (χ4v) is 4.57. The second kappa shape index (κ2) is 9.78. The second-order valence-corrected chi connectivity index (χ2v) is 9.56. The lowest BCUT2D eigenvalue weighted by Gasteiger charge is -2.22. The zero-order valence-corrected chi connectivity index (χ0v) is 18.8. The number of sulfonamides is 1. The van der Waals surface area contributed by atoms with Crippen LogP contribution in [0, 0.1) is 12.7 Å². The Kier molecular flexibility index (Phi) is 7.33. The summed E-state index contributed by atoms with van der Waals surface area (Å²) in [5.74, 6) is -1.15. The van der Waals surface area contributed by atoms with Gasteiger partial charge in [0.1, 0.15) is 5.82 Å². The predicted octanol–water partition coefficient (Wildman–Crippen LogP) is 5.27. The first-order valence-electron chi connectivity index (χ1n) is 9.22. The molecule has 0 radical (unpaired) electrons. The zero-order valence-electron chi connectivity index (χ0n) is 16.5. The summed E-state index contributed by atoms with van der Waals surface area (Å²) in [7, 11) is -4.12. The Bertz CT molecular complexity index is 1200. The van der Waals surface area contributed by atoms with Gasteiger partial charge < -0.3 is 5.32 Å². The van der Waals surface area contributed by atoms with Gasteiger partial charge in [0.25, 0.3) is 0 Å². The highest BCUT2D eigenvalue weighted by molar-refractivity contribution is 7.89. The normalized spacial score (nSPS) is 11.5. The lowest BCUT2D eigenvalue weighted by atomic mass is 10.2. The molecule has 1 N–H and O–H groups in total. The van der Waals surface area contributed by atoms with Crippen LogP contribution in [0.15, 0.2) is 71.6 Å². The molecule has 3 aromatic carbocycles. The summed E-state index contributed by atoms with van der Waals surface area (Å²) in [6.07, 6.45) is 0. The zero-order chi connectivity index (χ0) is 22.6. The van der Waals surface area contributed by atoms with E-state index < -0.39 is 28.3 Å². The molecule has 0 aromatic heterocycles. The lowest BCUT2D eigenvalue weighted by Crippen LogP contribution is -2.37. The summed E-state index contributed by atoms with van der Waals surface area (Å²) in [5, 5.41) is 3.51. The minimum Gasteiger partial charge on any atom is -0.325 e. The number of nitrogens with zero attached hydrogens (tertiary/aromatic N) is 1. The number of halogens is 3. The Morgan fingerprint density at radius 1 is 1.00 bits per heavy atom. The molecule has 0 saturated carbocycles. The number of hydrogen-bond donors (Lipinski definition) is 1. The van der Waals surface area contributed by atoms with Gasteiger partial charge in [-0.05, 0) is 55.0 Å². The summed E-state index contributed by atoms with van der Waals surface area (Å²) in [6.45, 7) is 0.893. The van der Waals surface area contributed by atoms with E-state index in [9.17, 15) is 17.6 Å². The molecule has 0 aliphatic rings. The molecular weight excluding hydrogens is 462 g/mol. The molecule has 162 valence electrons. The van der Waals surface area contributed by atoms with Crippen LogP contribution in [0.2, 0.25) is 10.0 Å². The van der Waals surface area contributed by atoms with Crippen LogP contribution in [-0.2, 0) is 21.4 Å². The largest absolute Gasteiger partial charge is 0.325 e. The van der Waals surface area contributed by atoms with Crippen molar-refractivity contribution >= 4 is 44.8 Å². The van der Waals surface area contributed by atoms with Crippen molar-refractivity contribution < 1.29 is 17.6 Å². The number of rotatable bonds is 7. The highest BCUT2D eigenvalue weighted by atomic mass is 35.5. The van der Waals surface area contributed by atoms with Crippen LogP contribution < -0.4 is 5.32 Å². The van der Waals surface area contributed by atoms with E-state index in [1.165, 1.54) is 42.5 Å². The predicted molar refractivity (Wildman–Crippen MR) is 120 cm³/mol. The van der Waals surface area contributed by atoms with Gasteiger partial charge in [-0.15, -0.1) is 0 Å². The minimum absolute atomic E-state index is 0.0556. The van der Waals surface area contributed by atoms with Crippen LogP contribution in [0.3, 0.4) is 0 Å². The summed E-state index contributed by atoms with van der Waals surface area (Å²) in [4.78, 5) is 12.7. The van der Waals surface area contributed by atoms with Gasteiger partial charge in [0.2, 0.25) is 15.9 Å². The molecule has 0 aliphatic heterocycles. The van der Waals surface area contributed by atoms with Crippen molar-refractivity contribution in [1.29, 1.82) is 0 Å². The highest BCUT2D eigenvalue weighted by Crippen LogP contribution is 2.24. The van der Waals surface area contributed by atoms with Crippen molar-refractivity contribution in [3.63, 3.8) is 0 Å². The third kappa shape index (κ3) is 5.62. The van der Waals surface area contributed by atoms with E-state index in [4.69, 9.17) is 23.2 Å². The minimum atomic E-state index is -4.12. The molecule has 0 atom stereocenters. The molecule has 0 spiro atoms. The molecule has 3 aromatic rings. The number of amides is 1. The van der Waals surface area contributed by atoms with Crippen LogP contribution in [0.5, 0.6) is 0 Å². The van der Waals surface area contributed by atoms with Crippen molar-refractivity contribution in [2.75, 3.05) is 11.9 Å². The van der Waals surface area contributed by atoms with E-state index >= 15 is 0 Å². The maximum Gasteiger partial charge on any atom is 0.243 e. The second-order valence-electron chi connectivity index (χ2n) is 6.78. The first kappa shape index (κ1) is 23.2. The standard InChI is InChI=1S/C22H19Cl2FN2O3S/c1-15-19(24)6-4-8-21(15)26-22(28)14-27(13-16-5-2-3-7-20(16)25)31(29,30)18-11-9-17(23)10-12-18/h2-12H,13-14H2,1H3,(H,26,28). The van der Waals surface area contributed by atoms with Crippen molar-refractivity contribution in [1.82, 2.24) is 4.31 Å². The molecular formula is C22H19Cl2FN2O3S. The fourth-order valence-electron chi connectivity index (χ4n) is 2.89. The molecule has 0 fully saturated rings. The topological polar surface area (TPSA) is 66.5 Å². The van der Waals surface area contributed by atoms with Crippen molar-refractivity contribution in [3.05, 3.63) is 93.7 Å². The fraction of sp³-hybridized carbons (Fsp3) is 0.136. The average molecular weight is 481 g/mol. The summed E-state index contributed by atoms with van der Waals surface area (Å²) in [6, 6.07) is 16.4. The first-order valence-corrected chi connectivity index (χ1v) is 11.4. The third-order valence-corrected chi connectivity index (χ3v) is 7.09. The van der Waals surface area contributed by atoms with Crippen LogP contribution >= 0.6 is 23.2 Å². The molecule has 31 heavy (non-hydrogen) atoms. The number of carbonyl (C=O) groups excluding carboxylic acids is 1. The summed E-state index contributed by atoms with van der Waals surface area (Å²) < 4.78 is 41.6. The van der Waals surface area contributed by atoms with E-state index in [0.29, 0.717) is 21.3 Å². The van der Waals surface area contributed by atoms with Crippen LogP contribution in [-0.4, -0.2) is 25.2 Å². The van der Waals surface area contributed by atoms with Gasteiger partial charge in [0.05, 0.1) is 11.4 Å². The van der Waals surface area contributed by atoms with Gasteiger partial charge in [-0.3, -0.25) is 4.79 Å². The van der Waals surface area contributed by atoms with Gasteiger partial charge in [-0.2, -0.15) is 4.31 Å². The van der Waals surface area contributed by atoms with E-state index in [2.05, 4.69) is 5.32 Å². The summed E-state index contributed by atoms with van der Waals surface area (Å²) >= 11 is 11.9. The molecule has 5 nitrogen and oxygen atoms in total. The number of anilines is 1. The highest BCUT2D eigenvalue weighted by Gasteiger charge is 2.28. The van der Waals surface area contributed by atoms with E-state index in [1.807, 2.05) is 0 Å². The molecule has 0 aliphatic carbocycles. The average Bonchev–Trinajstić information content (AvgIpc) is 2.73. The summed E-state index contributed by atoms with van der Waals surface area (Å²) in [5.41, 5.74) is 1.26. The van der Waals surface area contributed by atoms with E-state index in [1.54, 1.807) is 31.2 Å². The molecule has 0 heterocycles. The first-order chi connectivity index (χ1) is 14.7. The third-order valence-electron chi connectivity index (χ3n) is 4.62. The Morgan fingerprint density at radius 2 is 1.68 bits per heavy atom. The lowest BCUT2D eigenvalue weighted by molar-refractivity contribution is -0.116. The van der Waals surface area contributed by atoms with E-state index in [-0.39, 0.29) is 17.0 Å². The molecule has 3 rings (SSSR count). The number of nitrogens with one attached hydrogen (secondary N) is 1. The Balaban J connectivity index is 1.91.